The second-order valence-electron chi connectivity index (χ2n) is 5.60. The van der Waals surface area contributed by atoms with Gasteiger partial charge in [0.1, 0.15) is 6.61 Å². The summed E-state index contributed by atoms with van der Waals surface area (Å²) in [6.45, 7) is 7.64. The maximum Gasteiger partial charge on any atom is 0.219 e. The topological polar surface area (TPSA) is 42.0 Å². The lowest BCUT2D eigenvalue weighted by atomic mass is 10.2. The molecule has 0 bridgehead atoms. The lowest BCUT2D eigenvalue weighted by Crippen LogP contribution is -2.38. The molecule has 1 saturated heterocycles. The molecule has 5 heteroatoms. The van der Waals surface area contributed by atoms with Crippen molar-refractivity contribution in [1.29, 1.82) is 0 Å². The zero-order valence-corrected chi connectivity index (χ0v) is 13.7. The van der Waals surface area contributed by atoms with Crippen LogP contribution in [0.25, 0.3) is 0 Å². The van der Waals surface area contributed by atoms with Gasteiger partial charge in [0.05, 0.1) is 6.61 Å². The molecule has 2 rings (SSSR count). The van der Waals surface area contributed by atoms with Crippen LogP contribution in [-0.4, -0.2) is 61.6 Å². The Hall–Kier alpha value is -1.75. The molecule has 0 aliphatic carbocycles. The Balaban J connectivity index is 1.77. The van der Waals surface area contributed by atoms with Gasteiger partial charge in [0.25, 0.3) is 0 Å². The molecule has 0 spiro atoms. The van der Waals surface area contributed by atoms with E-state index >= 15 is 0 Å². The molecule has 1 heterocycles. The van der Waals surface area contributed by atoms with Crippen LogP contribution in [0.4, 0.5) is 0 Å². The van der Waals surface area contributed by atoms with E-state index in [2.05, 4.69) is 4.90 Å². The summed E-state index contributed by atoms with van der Waals surface area (Å²) < 4.78 is 11.4. The summed E-state index contributed by atoms with van der Waals surface area (Å²) in [5, 5.41) is 0. The predicted molar refractivity (Wildman–Crippen MR) is 86.4 cm³/mol. The van der Waals surface area contributed by atoms with E-state index in [4.69, 9.17) is 9.47 Å². The Morgan fingerprint density at radius 3 is 2.64 bits per heavy atom. The van der Waals surface area contributed by atoms with Crippen LogP contribution in [-0.2, 0) is 4.79 Å². The van der Waals surface area contributed by atoms with E-state index in [1.807, 2.05) is 43.1 Å². The number of nitrogens with zero attached hydrogens (tertiary/aromatic N) is 2. The van der Waals surface area contributed by atoms with Crippen LogP contribution >= 0.6 is 0 Å². The van der Waals surface area contributed by atoms with Gasteiger partial charge in [-0.1, -0.05) is 12.1 Å². The first-order valence-corrected chi connectivity index (χ1v) is 7.92. The van der Waals surface area contributed by atoms with E-state index < -0.39 is 0 Å². The summed E-state index contributed by atoms with van der Waals surface area (Å²) in [4.78, 5) is 15.6. The van der Waals surface area contributed by atoms with Crippen molar-refractivity contribution < 1.29 is 14.3 Å². The van der Waals surface area contributed by atoms with Gasteiger partial charge in [0, 0.05) is 39.6 Å². The van der Waals surface area contributed by atoms with Crippen LogP contribution in [0.5, 0.6) is 11.5 Å². The normalized spacial score (nSPS) is 18.2. The minimum atomic E-state index is 0.133. The molecular formula is C17H26N2O3. The van der Waals surface area contributed by atoms with E-state index in [-0.39, 0.29) is 5.91 Å². The van der Waals surface area contributed by atoms with Crippen LogP contribution in [0.1, 0.15) is 20.3 Å². The minimum absolute atomic E-state index is 0.133. The summed E-state index contributed by atoms with van der Waals surface area (Å²) in [7, 11) is 1.88. The standard InChI is InChI=1S/C17H26N2O3/c1-4-21-16-7-5-6-8-17(16)22-12-11-19-10-9-15(13-19)18(3)14(2)20/h5-8,15H,4,9-13H2,1-3H3/t15-/m0/s1. The second-order valence-corrected chi connectivity index (χ2v) is 5.60. The Labute approximate surface area is 132 Å². The average molecular weight is 306 g/mol. The first-order chi connectivity index (χ1) is 10.6. The summed E-state index contributed by atoms with van der Waals surface area (Å²) in [5.41, 5.74) is 0. The molecule has 0 N–H and O–H groups in total. The van der Waals surface area contributed by atoms with E-state index in [0.717, 1.165) is 37.6 Å². The SMILES string of the molecule is CCOc1ccccc1OCCN1CC[C@H](N(C)C(C)=O)C1. The van der Waals surface area contributed by atoms with Gasteiger partial charge < -0.3 is 14.4 Å². The third kappa shape index (κ3) is 4.37. The van der Waals surface area contributed by atoms with Crippen molar-refractivity contribution in [2.45, 2.75) is 26.3 Å². The monoisotopic (exact) mass is 306 g/mol. The highest BCUT2D eigenvalue weighted by Crippen LogP contribution is 2.26. The molecule has 0 radical (unpaired) electrons. The number of para-hydroxylation sites is 2. The second kappa shape index (κ2) is 8.03. The molecule has 1 atom stereocenters. The number of benzene rings is 1. The molecule has 22 heavy (non-hydrogen) atoms. The Bertz CT molecular complexity index is 493. The number of rotatable bonds is 7. The average Bonchev–Trinajstić information content (AvgIpc) is 2.97. The third-order valence-corrected chi connectivity index (χ3v) is 4.11. The molecule has 0 aromatic heterocycles. The zero-order valence-electron chi connectivity index (χ0n) is 13.7. The molecule has 1 fully saturated rings. The Morgan fingerprint density at radius 1 is 1.32 bits per heavy atom. The number of carbonyl (C=O) groups excluding carboxylic acids is 1. The van der Waals surface area contributed by atoms with Crippen molar-refractivity contribution in [2.75, 3.05) is 39.9 Å². The van der Waals surface area contributed by atoms with Gasteiger partial charge in [-0.3, -0.25) is 9.69 Å². The van der Waals surface area contributed by atoms with Crippen LogP contribution in [0, 0.1) is 0 Å². The fourth-order valence-electron chi connectivity index (χ4n) is 2.72. The Kier molecular flexibility index (Phi) is 6.07. The van der Waals surface area contributed by atoms with Crippen LogP contribution < -0.4 is 9.47 Å². The number of amides is 1. The summed E-state index contributed by atoms with van der Waals surface area (Å²) in [5.74, 6) is 1.72. The Morgan fingerprint density at radius 2 is 2.00 bits per heavy atom. The van der Waals surface area contributed by atoms with Crippen LogP contribution in [0.2, 0.25) is 0 Å². The number of likely N-dealkylation sites (tertiary alicyclic amines) is 1. The molecule has 1 aromatic carbocycles. The molecule has 122 valence electrons. The molecular weight excluding hydrogens is 280 g/mol. The van der Waals surface area contributed by atoms with Crippen molar-refractivity contribution in [1.82, 2.24) is 9.80 Å². The van der Waals surface area contributed by atoms with Crippen molar-refractivity contribution in [3.05, 3.63) is 24.3 Å². The van der Waals surface area contributed by atoms with E-state index in [9.17, 15) is 4.79 Å². The van der Waals surface area contributed by atoms with Gasteiger partial charge >= 0.3 is 0 Å². The van der Waals surface area contributed by atoms with Crippen molar-refractivity contribution in [3.63, 3.8) is 0 Å². The molecule has 5 nitrogen and oxygen atoms in total. The molecule has 1 amide bonds. The van der Waals surface area contributed by atoms with Gasteiger partial charge in [-0.2, -0.15) is 0 Å². The number of hydrogen-bond donors (Lipinski definition) is 0. The van der Waals surface area contributed by atoms with Gasteiger partial charge in [-0.05, 0) is 25.5 Å². The third-order valence-electron chi connectivity index (χ3n) is 4.11. The van der Waals surface area contributed by atoms with E-state index in [0.29, 0.717) is 19.3 Å². The zero-order chi connectivity index (χ0) is 15.9. The largest absolute Gasteiger partial charge is 0.490 e. The van der Waals surface area contributed by atoms with Gasteiger partial charge in [0.2, 0.25) is 5.91 Å². The maximum absolute atomic E-state index is 11.4. The molecule has 0 saturated carbocycles. The number of carbonyl (C=O) groups is 1. The summed E-state index contributed by atoms with van der Waals surface area (Å²) in [6.07, 6.45) is 1.03. The molecule has 1 aromatic rings. The number of likely N-dealkylation sites (N-methyl/N-ethyl adjacent to an activating group) is 1. The maximum atomic E-state index is 11.4. The highest BCUT2D eigenvalue weighted by molar-refractivity contribution is 5.73. The van der Waals surface area contributed by atoms with E-state index in [1.165, 1.54) is 0 Å². The fourth-order valence-corrected chi connectivity index (χ4v) is 2.72. The first kappa shape index (κ1) is 16.6. The smallest absolute Gasteiger partial charge is 0.219 e. The predicted octanol–water partition coefficient (Wildman–Crippen LogP) is 2.02. The quantitative estimate of drug-likeness (QED) is 0.773. The molecule has 0 unspecified atom stereocenters. The van der Waals surface area contributed by atoms with Gasteiger partial charge in [0.15, 0.2) is 11.5 Å². The highest BCUT2D eigenvalue weighted by Gasteiger charge is 2.26. The van der Waals surface area contributed by atoms with Crippen LogP contribution in [0.3, 0.4) is 0 Å². The lowest BCUT2D eigenvalue weighted by molar-refractivity contribution is -0.129. The number of ether oxygens (including phenoxy) is 2. The lowest BCUT2D eigenvalue weighted by Gasteiger charge is -2.23. The molecule has 1 aliphatic rings. The summed E-state index contributed by atoms with van der Waals surface area (Å²) in [6, 6.07) is 8.08. The first-order valence-electron chi connectivity index (χ1n) is 7.92. The van der Waals surface area contributed by atoms with Crippen molar-refractivity contribution in [3.8, 4) is 11.5 Å². The highest BCUT2D eigenvalue weighted by atomic mass is 16.5. The summed E-state index contributed by atoms with van der Waals surface area (Å²) >= 11 is 0. The van der Waals surface area contributed by atoms with Gasteiger partial charge in [-0.25, -0.2) is 0 Å². The van der Waals surface area contributed by atoms with Crippen LogP contribution in [0.15, 0.2) is 24.3 Å². The minimum Gasteiger partial charge on any atom is -0.490 e. The van der Waals surface area contributed by atoms with Crippen molar-refractivity contribution in [2.24, 2.45) is 0 Å². The molecule has 1 aliphatic heterocycles. The van der Waals surface area contributed by atoms with Gasteiger partial charge in [-0.15, -0.1) is 0 Å². The van der Waals surface area contributed by atoms with E-state index in [1.54, 1.807) is 6.92 Å². The number of hydrogen-bond acceptors (Lipinski definition) is 4. The van der Waals surface area contributed by atoms with Crippen molar-refractivity contribution >= 4 is 5.91 Å². The fraction of sp³-hybridized carbons (Fsp3) is 0.588.